The predicted octanol–water partition coefficient (Wildman–Crippen LogP) is 3.20. The van der Waals surface area contributed by atoms with Crippen molar-refractivity contribution in [2.45, 2.75) is 26.4 Å². The fourth-order valence-electron chi connectivity index (χ4n) is 1.41. The number of rotatable bonds is 5. The highest BCUT2D eigenvalue weighted by molar-refractivity contribution is 9.10. The van der Waals surface area contributed by atoms with E-state index in [9.17, 15) is 15.2 Å². The number of hydrogen-bond acceptors (Lipinski definition) is 4. The summed E-state index contributed by atoms with van der Waals surface area (Å²) in [5.41, 5.74) is 0.281. The molecule has 0 radical (unpaired) electrons. The van der Waals surface area contributed by atoms with E-state index in [4.69, 9.17) is 4.74 Å². The Morgan fingerprint density at radius 2 is 2.24 bits per heavy atom. The minimum atomic E-state index is -0.821. The third-order valence-electron chi connectivity index (χ3n) is 2.16. The van der Waals surface area contributed by atoms with Crippen LogP contribution in [0.2, 0.25) is 0 Å². The Kier molecular flexibility index (Phi) is 4.89. The van der Waals surface area contributed by atoms with Gasteiger partial charge in [0.15, 0.2) is 0 Å². The first-order valence-electron chi connectivity index (χ1n) is 5.26. The maximum atomic E-state index is 10.9. The molecule has 94 valence electrons. The monoisotopic (exact) mass is 303 g/mol. The summed E-state index contributed by atoms with van der Waals surface area (Å²) >= 11 is 3.18. The molecule has 1 atom stereocenters. The van der Waals surface area contributed by atoms with E-state index in [0.29, 0.717) is 16.6 Å². The van der Waals surface area contributed by atoms with E-state index in [1.165, 1.54) is 6.07 Å². The van der Waals surface area contributed by atoms with E-state index in [1.807, 2.05) is 6.92 Å². The van der Waals surface area contributed by atoms with Crippen LogP contribution in [-0.2, 0) is 0 Å². The summed E-state index contributed by atoms with van der Waals surface area (Å²) in [4.78, 5) is 10.4. The van der Waals surface area contributed by atoms with Gasteiger partial charge in [0.05, 0.1) is 17.6 Å². The van der Waals surface area contributed by atoms with Crippen LogP contribution < -0.4 is 4.74 Å². The number of halogens is 1. The second kappa shape index (κ2) is 5.97. The summed E-state index contributed by atoms with van der Waals surface area (Å²) in [5, 5.41) is 20.5. The molecule has 0 heterocycles. The first-order valence-corrected chi connectivity index (χ1v) is 6.05. The first kappa shape index (κ1) is 13.9. The van der Waals surface area contributed by atoms with Gasteiger partial charge in [-0.2, -0.15) is 0 Å². The van der Waals surface area contributed by atoms with Crippen molar-refractivity contribution in [3.8, 4) is 5.75 Å². The molecule has 0 aliphatic heterocycles. The molecule has 1 N–H and O–H groups in total. The van der Waals surface area contributed by atoms with Gasteiger partial charge in [-0.15, -0.1) is 0 Å². The second-order valence-corrected chi connectivity index (χ2v) is 4.54. The molecule has 0 aliphatic carbocycles. The van der Waals surface area contributed by atoms with E-state index in [2.05, 4.69) is 15.9 Å². The largest absolute Gasteiger partial charge is 0.487 e. The molecule has 1 rings (SSSR count). The van der Waals surface area contributed by atoms with Gasteiger partial charge in [-0.1, -0.05) is 22.9 Å². The molecule has 6 heteroatoms. The van der Waals surface area contributed by atoms with E-state index in [-0.39, 0.29) is 11.4 Å². The Balaban J connectivity index is 3.31. The van der Waals surface area contributed by atoms with Crippen LogP contribution in [0.1, 0.15) is 31.9 Å². The molecule has 0 spiro atoms. The third kappa shape index (κ3) is 3.41. The second-order valence-electron chi connectivity index (χ2n) is 3.62. The van der Waals surface area contributed by atoms with Crippen molar-refractivity contribution in [1.82, 2.24) is 0 Å². The lowest BCUT2D eigenvalue weighted by Crippen LogP contribution is -2.05. The summed E-state index contributed by atoms with van der Waals surface area (Å²) in [6.45, 7) is 3.83. The Bertz CT molecular complexity index is 420. The number of ether oxygens (including phenoxy) is 1. The average molecular weight is 304 g/mol. The van der Waals surface area contributed by atoms with E-state index in [1.54, 1.807) is 13.0 Å². The van der Waals surface area contributed by atoms with E-state index < -0.39 is 11.0 Å². The average Bonchev–Trinajstić information content (AvgIpc) is 2.26. The van der Waals surface area contributed by atoms with Crippen LogP contribution in [0, 0.1) is 10.1 Å². The maximum absolute atomic E-state index is 10.9. The molecule has 1 aromatic carbocycles. The van der Waals surface area contributed by atoms with Crippen molar-refractivity contribution in [3.05, 3.63) is 32.3 Å². The predicted molar refractivity (Wildman–Crippen MR) is 67.2 cm³/mol. The zero-order chi connectivity index (χ0) is 13.0. The number of nitrogens with zero attached hydrogens (tertiary/aromatic N) is 1. The maximum Gasteiger partial charge on any atom is 0.312 e. The summed E-state index contributed by atoms with van der Waals surface area (Å²) in [6.07, 6.45) is -0.0787. The molecule has 0 aromatic heterocycles. The zero-order valence-electron chi connectivity index (χ0n) is 9.64. The molecule has 0 saturated carbocycles. The van der Waals surface area contributed by atoms with Crippen LogP contribution in [-0.4, -0.2) is 16.6 Å². The Hall–Kier alpha value is -1.14. The van der Waals surface area contributed by atoms with Crippen LogP contribution in [0.25, 0.3) is 0 Å². The molecule has 5 nitrogen and oxygen atoms in total. The molecular formula is C11H14BrNO4. The van der Waals surface area contributed by atoms with Gasteiger partial charge in [0, 0.05) is 16.1 Å². The van der Waals surface area contributed by atoms with Crippen molar-refractivity contribution in [2.75, 3.05) is 6.61 Å². The van der Waals surface area contributed by atoms with Crippen molar-refractivity contribution >= 4 is 21.6 Å². The fraction of sp³-hybridized carbons (Fsp3) is 0.455. The van der Waals surface area contributed by atoms with Gasteiger partial charge in [0.25, 0.3) is 0 Å². The van der Waals surface area contributed by atoms with Gasteiger partial charge < -0.3 is 9.84 Å². The number of hydrogen-bond donors (Lipinski definition) is 1. The standard InChI is InChI=1S/C11H14BrNO4/c1-3-4-17-11-9(7(2)14)5-8(12)6-10(11)13(15)16/h5-7,14H,3-4H2,1-2H3/t7-/m0/s1. The van der Waals surface area contributed by atoms with Gasteiger partial charge in [-0.3, -0.25) is 10.1 Å². The molecule has 0 bridgehead atoms. The summed E-state index contributed by atoms with van der Waals surface area (Å²) in [5.74, 6) is 0.148. The molecule has 0 fully saturated rings. The Morgan fingerprint density at radius 1 is 1.59 bits per heavy atom. The molecule has 0 saturated heterocycles. The van der Waals surface area contributed by atoms with Gasteiger partial charge in [0.1, 0.15) is 0 Å². The van der Waals surface area contributed by atoms with Gasteiger partial charge >= 0.3 is 5.69 Å². The number of aliphatic hydroxyl groups excluding tert-OH is 1. The summed E-state index contributed by atoms with van der Waals surface area (Å²) < 4.78 is 5.92. The lowest BCUT2D eigenvalue weighted by atomic mass is 10.1. The zero-order valence-corrected chi connectivity index (χ0v) is 11.2. The molecule has 0 unspecified atom stereocenters. The van der Waals surface area contributed by atoms with Crippen LogP contribution in [0.4, 0.5) is 5.69 Å². The minimum absolute atomic E-state index is 0.135. The highest BCUT2D eigenvalue weighted by Gasteiger charge is 2.22. The normalized spacial score (nSPS) is 12.2. The lowest BCUT2D eigenvalue weighted by Gasteiger charge is -2.13. The number of nitro groups is 1. The number of nitro benzene ring substituents is 1. The van der Waals surface area contributed by atoms with Crippen LogP contribution in [0.5, 0.6) is 5.75 Å². The van der Waals surface area contributed by atoms with Crippen molar-refractivity contribution < 1.29 is 14.8 Å². The summed E-state index contributed by atoms with van der Waals surface area (Å²) in [6, 6.07) is 3.00. The molecular weight excluding hydrogens is 290 g/mol. The molecule has 0 aliphatic rings. The number of benzene rings is 1. The molecule has 0 amide bonds. The third-order valence-corrected chi connectivity index (χ3v) is 2.62. The van der Waals surface area contributed by atoms with Gasteiger partial charge in [0.2, 0.25) is 5.75 Å². The minimum Gasteiger partial charge on any atom is -0.487 e. The lowest BCUT2D eigenvalue weighted by molar-refractivity contribution is -0.386. The number of aliphatic hydroxyl groups is 1. The smallest absolute Gasteiger partial charge is 0.312 e. The SMILES string of the molecule is CCCOc1c([C@H](C)O)cc(Br)cc1[N+](=O)[O-]. The van der Waals surface area contributed by atoms with E-state index in [0.717, 1.165) is 6.42 Å². The van der Waals surface area contributed by atoms with Crippen LogP contribution >= 0.6 is 15.9 Å². The quantitative estimate of drug-likeness (QED) is 0.669. The van der Waals surface area contributed by atoms with Crippen LogP contribution in [0.15, 0.2) is 16.6 Å². The van der Waals surface area contributed by atoms with Gasteiger partial charge in [-0.25, -0.2) is 0 Å². The van der Waals surface area contributed by atoms with Crippen molar-refractivity contribution in [1.29, 1.82) is 0 Å². The highest BCUT2D eigenvalue weighted by atomic mass is 79.9. The molecule has 1 aromatic rings. The first-order chi connectivity index (χ1) is 7.97. The van der Waals surface area contributed by atoms with E-state index >= 15 is 0 Å². The van der Waals surface area contributed by atoms with Crippen molar-refractivity contribution in [3.63, 3.8) is 0 Å². The topological polar surface area (TPSA) is 72.6 Å². The van der Waals surface area contributed by atoms with Crippen LogP contribution in [0.3, 0.4) is 0 Å². The fourth-order valence-corrected chi connectivity index (χ4v) is 1.87. The van der Waals surface area contributed by atoms with Gasteiger partial charge in [-0.05, 0) is 19.4 Å². The highest BCUT2D eigenvalue weighted by Crippen LogP contribution is 2.37. The molecule has 17 heavy (non-hydrogen) atoms. The van der Waals surface area contributed by atoms with Crippen molar-refractivity contribution in [2.24, 2.45) is 0 Å². The Labute approximate surface area is 108 Å². The summed E-state index contributed by atoms with van der Waals surface area (Å²) in [7, 11) is 0. The Morgan fingerprint density at radius 3 is 2.71 bits per heavy atom.